The minimum absolute atomic E-state index is 0.00143. The van der Waals surface area contributed by atoms with Crippen LogP contribution in [0, 0.1) is 56.7 Å². The van der Waals surface area contributed by atoms with Gasteiger partial charge in [0.2, 0.25) is 0 Å². The Morgan fingerprint density at radius 3 is 2.22 bits per heavy atom. The van der Waals surface area contributed by atoms with Crippen molar-refractivity contribution in [2.45, 2.75) is 175 Å². The van der Waals surface area contributed by atoms with Crippen LogP contribution in [0.5, 0.6) is 0 Å². The second kappa shape index (κ2) is 11.9. The Balaban J connectivity index is 1.42. The Morgan fingerprint density at radius 2 is 1.65 bits per heavy atom. The number of esters is 2. The molecule has 6 N–H and O–H groups in total. The molecule has 280 valence electrons. The highest BCUT2D eigenvalue weighted by atomic mass is 16.6. The number of hydrogen-bond donors (Lipinski definition) is 4. The van der Waals surface area contributed by atoms with Crippen LogP contribution in [0.4, 0.5) is 0 Å². The first-order valence-electron chi connectivity index (χ1n) is 19.5. The highest BCUT2D eigenvalue weighted by Gasteiger charge is 2.86. The number of aliphatic hydroxyl groups is 2. The molecule has 49 heavy (non-hydrogen) atoms. The fourth-order valence-corrected chi connectivity index (χ4v) is 14.1. The van der Waals surface area contributed by atoms with Crippen molar-refractivity contribution < 1.29 is 34.0 Å². The van der Waals surface area contributed by atoms with E-state index in [4.69, 9.17) is 25.7 Å². The van der Waals surface area contributed by atoms with E-state index in [1.54, 1.807) is 0 Å². The third-order valence-corrected chi connectivity index (χ3v) is 16.2. The number of hydrogen-bond acceptors (Lipinski definition) is 9. The van der Waals surface area contributed by atoms with Gasteiger partial charge in [0.1, 0.15) is 18.2 Å². The predicted octanol–water partition coefficient (Wildman–Crippen LogP) is 5.51. The van der Waals surface area contributed by atoms with Gasteiger partial charge in [-0.3, -0.25) is 9.59 Å². The third kappa shape index (κ3) is 5.23. The van der Waals surface area contributed by atoms with Gasteiger partial charge in [0.15, 0.2) is 0 Å². The summed E-state index contributed by atoms with van der Waals surface area (Å²) in [4.78, 5) is 26.6. The minimum Gasteiger partial charge on any atom is -0.461 e. The molecule has 6 fully saturated rings. The molecule has 0 bridgehead atoms. The molecule has 1 heterocycles. The minimum atomic E-state index is -0.950. The number of rotatable bonds is 9. The summed E-state index contributed by atoms with van der Waals surface area (Å²) in [5.41, 5.74) is 9.83. The summed E-state index contributed by atoms with van der Waals surface area (Å²) in [6.07, 6.45) is 7.46. The molecular weight excluding hydrogens is 620 g/mol. The predicted molar refractivity (Wildman–Crippen MR) is 188 cm³/mol. The Bertz CT molecular complexity index is 1310. The Kier molecular flexibility index (Phi) is 9.09. The lowest BCUT2D eigenvalue weighted by molar-refractivity contribution is -0.234. The zero-order valence-corrected chi connectivity index (χ0v) is 32.1. The molecule has 6 aliphatic rings. The number of aliphatic hydroxyl groups excluding tert-OH is 1. The molecule has 2 spiro atoms. The molecule has 1 saturated heterocycles. The van der Waals surface area contributed by atoms with E-state index in [0.717, 1.165) is 51.4 Å². The number of nitrogens with two attached hydrogens (primary N) is 2. The highest BCUT2D eigenvalue weighted by Crippen LogP contribution is 2.90. The van der Waals surface area contributed by atoms with Crippen molar-refractivity contribution in [3.63, 3.8) is 0 Å². The zero-order chi connectivity index (χ0) is 36.3. The summed E-state index contributed by atoms with van der Waals surface area (Å²) in [5, 5.41) is 23.1. The van der Waals surface area contributed by atoms with Gasteiger partial charge in [-0.15, -0.1) is 0 Å². The molecule has 0 radical (unpaired) electrons. The van der Waals surface area contributed by atoms with E-state index in [1.807, 2.05) is 27.7 Å². The quantitative estimate of drug-likeness (QED) is 0.230. The summed E-state index contributed by atoms with van der Waals surface area (Å²) < 4.78 is 19.7. The Morgan fingerprint density at radius 1 is 0.980 bits per heavy atom. The monoisotopic (exact) mass is 689 g/mol. The second-order valence-corrected chi connectivity index (χ2v) is 19.9. The van der Waals surface area contributed by atoms with Crippen LogP contribution in [0.1, 0.15) is 133 Å². The first-order valence-corrected chi connectivity index (χ1v) is 19.5. The van der Waals surface area contributed by atoms with Crippen LogP contribution in [0.3, 0.4) is 0 Å². The van der Waals surface area contributed by atoms with Crippen molar-refractivity contribution in [1.29, 1.82) is 0 Å². The molecule has 14 atom stereocenters. The molecule has 9 unspecified atom stereocenters. The smallest absolute Gasteiger partial charge is 0.323 e. The van der Waals surface area contributed by atoms with Gasteiger partial charge >= 0.3 is 11.9 Å². The van der Waals surface area contributed by atoms with Gasteiger partial charge in [-0.2, -0.15) is 0 Å². The van der Waals surface area contributed by atoms with Crippen LogP contribution >= 0.6 is 0 Å². The summed E-state index contributed by atoms with van der Waals surface area (Å²) in [7, 11) is 0. The van der Waals surface area contributed by atoms with E-state index in [-0.39, 0.29) is 88.0 Å². The van der Waals surface area contributed by atoms with Crippen molar-refractivity contribution in [3.05, 3.63) is 0 Å². The summed E-state index contributed by atoms with van der Waals surface area (Å²) in [5.74, 6) is -0.452. The van der Waals surface area contributed by atoms with Crippen molar-refractivity contribution in [1.82, 2.24) is 0 Å². The Hall–Kier alpha value is -1.26. The number of fused-ring (bicyclic) bond motifs is 2. The lowest BCUT2D eigenvalue weighted by Crippen LogP contribution is -2.65. The molecule has 0 aromatic rings. The van der Waals surface area contributed by atoms with E-state index in [1.165, 1.54) is 0 Å². The second-order valence-electron chi connectivity index (χ2n) is 19.9. The summed E-state index contributed by atoms with van der Waals surface area (Å²) in [6.45, 7) is 21.0. The zero-order valence-electron chi connectivity index (χ0n) is 32.1. The van der Waals surface area contributed by atoms with E-state index in [9.17, 15) is 19.8 Å². The average molecular weight is 689 g/mol. The van der Waals surface area contributed by atoms with Gasteiger partial charge in [0.25, 0.3) is 0 Å². The largest absolute Gasteiger partial charge is 0.461 e. The molecule has 5 saturated carbocycles. The van der Waals surface area contributed by atoms with Gasteiger partial charge in [0.05, 0.1) is 30.0 Å². The molecule has 6 rings (SSSR count). The molecule has 0 aromatic heterocycles. The lowest BCUT2D eigenvalue weighted by Gasteiger charge is -2.65. The van der Waals surface area contributed by atoms with Gasteiger partial charge < -0.3 is 35.9 Å². The van der Waals surface area contributed by atoms with Crippen molar-refractivity contribution >= 4 is 11.9 Å². The first-order chi connectivity index (χ1) is 22.6. The van der Waals surface area contributed by atoms with Gasteiger partial charge in [0, 0.05) is 17.3 Å². The van der Waals surface area contributed by atoms with Crippen LogP contribution in [0.15, 0.2) is 0 Å². The maximum Gasteiger partial charge on any atom is 0.323 e. The fourth-order valence-electron chi connectivity index (χ4n) is 14.1. The van der Waals surface area contributed by atoms with E-state index >= 15 is 0 Å². The molecule has 0 amide bonds. The van der Waals surface area contributed by atoms with Crippen molar-refractivity contribution in [2.75, 3.05) is 6.54 Å². The van der Waals surface area contributed by atoms with Gasteiger partial charge in [-0.05, 0) is 118 Å². The number of ether oxygens (including phenoxy) is 3. The molecule has 1 aliphatic heterocycles. The van der Waals surface area contributed by atoms with Crippen LogP contribution in [0.25, 0.3) is 0 Å². The number of carbonyl (C=O) groups excluding carboxylic acids is 2. The van der Waals surface area contributed by atoms with Crippen LogP contribution < -0.4 is 11.5 Å². The molecule has 9 heteroatoms. The van der Waals surface area contributed by atoms with Crippen molar-refractivity contribution in [3.8, 4) is 0 Å². The number of carbonyl (C=O) groups is 2. The molecular formula is C40H68N2O7. The first kappa shape index (κ1) is 37.5. The maximum atomic E-state index is 13.8. The fraction of sp³-hybridized carbons (Fsp3) is 0.950. The van der Waals surface area contributed by atoms with Crippen LogP contribution in [-0.4, -0.2) is 70.4 Å². The average Bonchev–Trinajstić information content (AvgIpc) is 3.34. The molecule has 0 aromatic carbocycles. The van der Waals surface area contributed by atoms with Gasteiger partial charge in [-0.25, -0.2) is 0 Å². The Labute approximate surface area is 295 Å². The van der Waals surface area contributed by atoms with E-state index < -0.39 is 28.8 Å². The summed E-state index contributed by atoms with van der Waals surface area (Å²) in [6, 6.07) is -0.722. The SMILES string of the molecule is CCCC1CC23CC24CCC2(C)C([C@@]5(C)CCC(C(C)(C)O)O5)[C@@H](O)CC2(C)C4C[C@H](OC(=O)C(N)C(C)C)[C@@H]3C(C)(C)[C@H]1OC(=O)CN. The highest BCUT2D eigenvalue weighted by molar-refractivity contribution is 5.76. The van der Waals surface area contributed by atoms with Crippen LogP contribution in [-0.2, 0) is 23.8 Å². The van der Waals surface area contributed by atoms with Crippen molar-refractivity contribution in [2.24, 2.45) is 68.1 Å². The van der Waals surface area contributed by atoms with Gasteiger partial charge in [-0.1, -0.05) is 54.9 Å². The third-order valence-electron chi connectivity index (χ3n) is 16.2. The standard InChI is InChI=1S/C40H68N2O7/c1-11-12-23-18-40-21-39(40)16-15-36(8)30(38(10)14-13-27(49-38)35(6,7)46)24(43)19-37(36,9)26(39)17-25(47-33(45)29(42)22(2)3)31(40)34(4,5)32(23)48-28(44)20-41/h22-27,29-32,43,46H,11-21,41-42H2,1-10H3/t23?,24-,25-,26?,27?,29?,30?,31+,32-,36?,37?,38+,39?,40?/m0/s1. The molecule has 5 aliphatic carbocycles. The van der Waals surface area contributed by atoms with Crippen LogP contribution in [0.2, 0.25) is 0 Å². The lowest BCUT2D eigenvalue weighted by atomic mass is 9.40. The molecule has 9 nitrogen and oxygen atoms in total. The topological polar surface area (TPSA) is 154 Å². The maximum absolute atomic E-state index is 13.8. The van der Waals surface area contributed by atoms with E-state index in [0.29, 0.717) is 12.8 Å². The van der Waals surface area contributed by atoms with E-state index in [2.05, 4.69) is 41.5 Å². The normalized spacial score (nSPS) is 49.0. The summed E-state index contributed by atoms with van der Waals surface area (Å²) >= 11 is 0.